The van der Waals surface area contributed by atoms with E-state index in [9.17, 15) is 4.79 Å². The van der Waals surface area contributed by atoms with Gasteiger partial charge in [-0.2, -0.15) is 4.98 Å². The number of aryl methyl sites for hydroxylation is 1. The molecule has 0 bridgehead atoms. The molecule has 4 rings (SSSR count). The van der Waals surface area contributed by atoms with Gasteiger partial charge in [0.05, 0.1) is 28.5 Å². The van der Waals surface area contributed by atoms with Gasteiger partial charge in [0.15, 0.2) is 0 Å². The Hall–Kier alpha value is -2.72. The van der Waals surface area contributed by atoms with Gasteiger partial charge in [-0.25, -0.2) is 14.8 Å². The van der Waals surface area contributed by atoms with E-state index in [1.54, 1.807) is 17.5 Å². The summed E-state index contributed by atoms with van der Waals surface area (Å²) in [5.41, 5.74) is 4.37. The summed E-state index contributed by atoms with van der Waals surface area (Å²) in [7, 11) is 0. The van der Waals surface area contributed by atoms with E-state index in [1.165, 1.54) is 4.88 Å². The standard InChI is InChI=1S/C21H23BrN6O2S/c1-14-18(31-13-24-14)7-10-30-19-17(22)12-23-20(27-19)25-15-5-4-6-16(11-15)26-21(29)28-8-2-3-9-28/h4-6,11-13H,2-3,7-10H2,1H3,(H,26,29)(H,23,25,27). The number of thiazole rings is 1. The third-order valence-corrected chi connectivity index (χ3v) is 6.43. The van der Waals surface area contributed by atoms with Crippen molar-refractivity contribution in [2.45, 2.75) is 26.2 Å². The number of anilines is 3. The molecule has 10 heteroatoms. The van der Waals surface area contributed by atoms with Gasteiger partial charge in [-0.15, -0.1) is 11.3 Å². The van der Waals surface area contributed by atoms with E-state index < -0.39 is 0 Å². The number of nitrogens with zero attached hydrogens (tertiary/aromatic N) is 4. The second kappa shape index (κ2) is 10.1. The van der Waals surface area contributed by atoms with E-state index in [1.807, 2.05) is 41.6 Å². The summed E-state index contributed by atoms with van der Waals surface area (Å²) in [5, 5.41) is 6.12. The van der Waals surface area contributed by atoms with Gasteiger partial charge in [0, 0.05) is 35.8 Å². The van der Waals surface area contributed by atoms with Crippen LogP contribution < -0.4 is 15.4 Å². The van der Waals surface area contributed by atoms with Crippen LogP contribution in [0.2, 0.25) is 0 Å². The molecular weight excluding hydrogens is 480 g/mol. The summed E-state index contributed by atoms with van der Waals surface area (Å²) in [6, 6.07) is 7.41. The van der Waals surface area contributed by atoms with E-state index in [0.717, 1.165) is 49.4 Å². The molecule has 1 aliphatic rings. The highest BCUT2D eigenvalue weighted by Gasteiger charge is 2.17. The third kappa shape index (κ3) is 5.71. The average Bonchev–Trinajstić information content (AvgIpc) is 3.43. The van der Waals surface area contributed by atoms with Gasteiger partial charge in [0.1, 0.15) is 0 Å². The predicted octanol–water partition coefficient (Wildman–Crippen LogP) is 5.00. The van der Waals surface area contributed by atoms with Crippen LogP contribution in [0.5, 0.6) is 5.88 Å². The summed E-state index contributed by atoms with van der Waals surface area (Å²) < 4.78 is 6.54. The molecule has 2 aromatic heterocycles. The highest BCUT2D eigenvalue weighted by molar-refractivity contribution is 9.10. The molecule has 162 valence electrons. The molecule has 0 atom stereocenters. The largest absolute Gasteiger partial charge is 0.476 e. The third-order valence-electron chi connectivity index (χ3n) is 4.89. The lowest BCUT2D eigenvalue weighted by atomic mass is 10.3. The van der Waals surface area contributed by atoms with Crippen molar-refractivity contribution < 1.29 is 9.53 Å². The molecule has 1 saturated heterocycles. The maximum Gasteiger partial charge on any atom is 0.321 e. The lowest BCUT2D eigenvalue weighted by molar-refractivity contribution is 0.222. The second-order valence-electron chi connectivity index (χ2n) is 7.14. The van der Waals surface area contributed by atoms with Crippen LogP contribution in [0, 0.1) is 6.92 Å². The number of urea groups is 1. The number of halogens is 1. The summed E-state index contributed by atoms with van der Waals surface area (Å²) >= 11 is 5.07. The maximum atomic E-state index is 12.3. The van der Waals surface area contributed by atoms with Crippen molar-refractivity contribution in [1.82, 2.24) is 19.9 Å². The Morgan fingerprint density at radius 2 is 2.06 bits per heavy atom. The Bertz CT molecular complexity index is 1050. The minimum atomic E-state index is -0.0681. The van der Waals surface area contributed by atoms with Crippen LogP contribution in [0.15, 0.2) is 40.4 Å². The molecule has 3 heterocycles. The fourth-order valence-corrected chi connectivity index (χ4v) is 4.31. The molecule has 1 aromatic carbocycles. The highest BCUT2D eigenvalue weighted by atomic mass is 79.9. The molecule has 0 saturated carbocycles. The van der Waals surface area contributed by atoms with Gasteiger partial charge >= 0.3 is 6.03 Å². The van der Waals surface area contributed by atoms with Crippen LogP contribution >= 0.6 is 27.3 Å². The van der Waals surface area contributed by atoms with Crippen molar-refractivity contribution in [3.63, 3.8) is 0 Å². The zero-order valence-corrected chi connectivity index (χ0v) is 19.5. The molecule has 8 nitrogen and oxygen atoms in total. The van der Waals surface area contributed by atoms with Crippen molar-refractivity contribution >= 4 is 50.6 Å². The molecule has 0 radical (unpaired) electrons. The van der Waals surface area contributed by atoms with E-state index in [-0.39, 0.29) is 6.03 Å². The van der Waals surface area contributed by atoms with Gasteiger partial charge in [0.2, 0.25) is 11.8 Å². The molecule has 2 N–H and O–H groups in total. The zero-order valence-electron chi connectivity index (χ0n) is 17.1. The summed E-state index contributed by atoms with van der Waals surface area (Å²) in [6.07, 6.45) is 4.55. The molecular formula is C21H23BrN6O2S. The molecule has 0 aliphatic carbocycles. The molecule has 31 heavy (non-hydrogen) atoms. The van der Waals surface area contributed by atoms with Crippen molar-refractivity contribution in [3.05, 3.63) is 51.0 Å². The van der Waals surface area contributed by atoms with Crippen LogP contribution in [-0.4, -0.2) is 45.6 Å². The minimum Gasteiger partial charge on any atom is -0.476 e. The van der Waals surface area contributed by atoms with E-state index in [0.29, 0.717) is 22.9 Å². The zero-order chi connectivity index (χ0) is 21.6. The number of hydrogen-bond donors (Lipinski definition) is 2. The average molecular weight is 503 g/mol. The number of likely N-dealkylation sites (tertiary alicyclic amines) is 1. The number of carbonyl (C=O) groups is 1. The molecule has 1 fully saturated rings. The van der Waals surface area contributed by atoms with Gasteiger partial charge in [-0.1, -0.05) is 6.07 Å². The monoisotopic (exact) mass is 502 g/mol. The number of aromatic nitrogens is 3. The summed E-state index contributed by atoms with van der Waals surface area (Å²) in [5.74, 6) is 0.883. The number of carbonyl (C=O) groups excluding carboxylic acids is 1. The predicted molar refractivity (Wildman–Crippen MR) is 125 cm³/mol. The lowest BCUT2D eigenvalue weighted by Crippen LogP contribution is -2.32. The van der Waals surface area contributed by atoms with Gasteiger partial charge in [-0.3, -0.25) is 0 Å². The van der Waals surface area contributed by atoms with Crippen LogP contribution in [0.3, 0.4) is 0 Å². The first-order valence-corrected chi connectivity index (χ1v) is 11.7. The number of benzene rings is 1. The van der Waals surface area contributed by atoms with Crippen molar-refractivity contribution in [3.8, 4) is 5.88 Å². The number of nitrogens with one attached hydrogen (secondary N) is 2. The summed E-state index contributed by atoms with van der Waals surface area (Å²) in [4.78, 5) is 28.4. The Morgan fingerprint density at radius 3 is 2.84 bits per heavy atom. The van der Waals surface area contributed by atoms with E-state index in [2.05, 4.69) is 41.5 Å². The van der Waals surface area contributed by atoms with Crippen LogP contribution in [0.4, 0.5) is 22.1 Å². The Morgan fingerprint density at radius 1 is 1.26 bits per heavy atom. The lowest BCUT2D eigenvalue weighted by Gasteiger charge is -2.16. The normalized spacial score (nSPS) is 13.3. The van der Waals surface area contributed by atoms with Crippen LogP contribution in [-0.2, 0) is 6.42 Å². The number of ether oxygens (including phenoxy) is 1. The molecule has 0 spiro atoms. The molecule has 3 aromatic rings. The number of amides is 2. The van der Waals surface area contributed by atoms with Crippen molar-refractivity contribution in [2.75, 3.05) is 30.3 Å². The summed E-state index contributed by atoms with van der Waals surface area (Å²) in [6.45, 7) is 4.11. The number of rotatable bonds is 7. The van der Waals surface area contributed by atoms with Gasteiger partial charge in [0.25, 0.3) is 0 Å². The fourth-order valence-electron chi connectivity index (χ4n) is 3.25. The fraction of sp³-hybridized carbons (Fsp3) is 0.333. The smallest absolute Gasteiger partial charge is 0.321 e. The quantitative estimate of drug-likeness (QED) is 0.472. The van der Waals surface area contributed by atoms with Crippen molar-refractivity contribution in [1.29, 1.82) is 0 Å². The number of hydrogen-bond acceptors (Lipinski definition) is 7. The SMILES string of the molecule is Cc1ncsc1CCOc1nc(Nc2cccc(NC(=O)N3CCCC3)c2)ncc1Br. The van der Waals surface area contributed by atoms with Crippen molar-refractivity contribution in [2.24, 2.45) is 0 Å². The van der Waals surface area contributed by atoms with E-state index >= 15 is 0 Å². The Balaban J connectivity index is 1.38. The molecule has 0 unspecified atom stereocenters. The van der Waals surface area contributed by atoms with Crippen LogP contribution in [0.1, 0.15) is 23.4 Å². The van der Waals surface area contributed by atoms with E-state index in [4.69, 9.17) is 4.74 Å². The topological polar surface area (TPSA) is 92.3 Å². The first kappa shape index (κ1) is 21.5. The second-order valence-corrected chi connectivity index (χ2v) is 8.93. The first-order valence-electron chi connectivity index (χ1n) is 10.1. The van der Waals surface area contributed by atoms with Gasteiger partial charge < -0.3 is 20.3 Å². The van der Waals surface area contributed by atoms with Crippen LogP contribution in [0.25, 0.3) is 0 Å². The first-order chi connectivity index (χ1) is 15.1. The Labute approximate surface area is 193 Å². The van der Waals surface area contributed by atoms with Gasteiger partial charge in [-0.05, 0) is 53.9 Å². The molecule has 2 amide bonds. The minimum absolute atomic E-state index is 0.0681. The highest BCUT2D eigenvalue weighted by Crippen LogP contribution is 2.25. The Kier molecular flexibility index (Phi) is 6.98. The maximum absolute atomic E-state index is 12.3. The molecule has 1 aliphatic heterocycles.